The second-order valence-electron chi connectivity index (χ2n) is 3.94. The molecule has 0 aliphatic heterocycles. The Bertz CT molecular complexity index is 502. The van der Waals surface area contributed by atoms with Crippen molar-refractivity contribution in [2.24, 2.45) is 0 Å². The van der Waals surface area contributed by atoms with Crippen LogP contribution >= 0.6 is 11.5 Å². The Labute approximate surface area is 119 Å². The maximum atomic E-state index is 12.0. The minimum absolute atomic E-state index is 0.267. The van der Waals surface area contributed by atoms with Gasteiger partial charge >= 0.3 is 11.9 Å². The Morgan fingerprint density at radius 2 is 2.15 bits per heavy atom. The lowest BCUT2D eigenvalue weighted by Crippen LogP contribution is -2.42. The molecular weight excluding hydrogens is 286 g/mol. The molecule has 1 heterocycles. The van der Waals surface area contributed by atoms with Gasteiger partial charge in [0, 0.05) is 0 Å². The molecule has 1 aromatic rings. The fourth-order valence-corrected chi connectivity index (χ4v) is 2.07. The first kappa shape index (κ1) is 16.0. The highest BCUT2D eigenvalue weighted by atomic mass is 32.1. The molecule has 1 atom stereocenters. The largest absolute Gasteiger partial charge is 0.480 e. The van der Waals surface area contributed by atoms with Crippen LogP contribution in [0.2, 0.25) is 0 Å². The lowest BCUT2D eigenvalue weighted by Gasteiger charge is -2.12. The Kier molecular flexibility index (Phi) is 6.04. The van der Waals surface area contributed by atoms with Crippen molar-refractivity contribution in [1.82, 2.24) is 14.9 Å². The van der Waals surface area contributed by atoms with E-state index in [9.17, 15) is 14.4 Å². The van der Waals surface area contributed by atoms with Crippen LogP contribution in [0.1, 0.15) is 35.1 Å². The van der Waals surface area contributed by atoms with E-state index in [0.717, 1.165) is 25.1 Å². The summed E-state index contributed by atoms with van der Waals surface area (Å²) in [5, 5.41) is 15.1. The number of carbonyl (C=O) groups excluding carboxylic acids is 2. The maximum absolute atomic E-state index is 12.0. The Hall–Kier alpha value is -2.03. The van der Waals surface area contributed by atoms with Gasteiger partial charge in [0.1, 0.15) is 10.9 Å². The van der Waals surface area contributed by atoms with Crippen molar-refractivity contribution < 1.29 is 24.2 Å². The molecule has 2 N–H and O–H groups in total. The van der Waals surface area contributed by atoms with Crippen LogP contribution in [-0.2, 0) is 20.7 Å². The summed E-state index contributed by atoms with van der Waals surface area (Å²) in [6, 6.07) is -1.34. The van der Waals surface area contributed by atoms with Gasteiger partial charge in [-0.15, -0.1) is 5.10 Å². The summed E-state index contributed by atoms with van der Waals surface area (Å²) in [7, 11) is 1.15. The van der Waals surface area contributed by atoms with E-state index in [2.05, 4.69) is 19.6 Å². The highest BCUT2D eigenvalue weighted by Crippen LogP contribution is 2.13. The van der Waals surface area contributed by atoms with Crippen LogP contribution in [0.4, 0.5) is 0 Å². The number of hydrogen-bond acceptors (Lipinski definition) is 7. The third kappa shape index (κ3) is 4.26. The third-order valence-corrected chi connectivity index (χ3v) is 3.22. The van der Waals surface area contributed by atoms with E-state index < -0.39 is 30.3 Å². The zero-order valence-corrected chi connectivity index (χ0v) is 11.9. The van der Waals surface area contributed by atoms with Gasteiger partial charge < -0.3 is 15.2 Å². The van der Waals surface area contributed by atoms with Crippen molar-refractivity contribution in [3.63, 3.8) is 0 Å². The predicted molar refractivity (Wildman–Crippen MR) is 69.4 cm³/mol. The molecule has 1 amide bonds. The molecule has 0 fully saturated rings. The zero-order valence-electron chi connectivity index (χ0n) is 11.1. The molecule has 0 aliphatic carbocycles. The minimum Gasteiger partial charge on any atom is -0.480 e. The first-order chi connectivity index (χ1) is 9.49. The number of nitrogens with one attached hydrogen (secondary N) is 1. The van der Waals surface area contributed by atoms with E-state index in [-0.39, 0.29) is 4.88 Å². The van der Waals surface area contributed by atoms with Crippen LogP contribution < -0.4 is 5.32 Å². The van der Waals surface area contributed by atoms with E-state index >= 15 is 0 Å². The number of aromatic nitrogens is 2. The normalized spacial score (nSPS) is 11.7. The lowest BCUT2D eigenvalue weighted by atomic mass is 10.2. The van der Waals surface area contributed by atoms with E-state index in [1.807, 2.05) is 6.92 Å². The third-order valence-electron chi connectivity index (χ3n) is 2.45. The molecule has 0 saturated carbocycles. The maximum Gasteiger partial charge on any atom is 0.326 e. The van der Waals surface area contributed by atoms with E-state index in [4.69, 9.17) is 5.11 Å². The van der Waals surface area contributed by atoms with Gasteiger partial charge in [0.25, 0.3) is 5.91 Å². The fourth-order valence-electron chi connectivity index (χ4n) is 1.46. The number of carboxylic acids is 1. The number of carboxylic acid groups (broad SMARTS) is 1. The summed E-state index contributed by atoms with van der Waals surface area (Å²) in [5.41, 5.74) is 0.525. The van der Waals surface area contributed by atoms with Gasteiger partial charge in [-0.1, -0.05) is 17.8 Å². The molecule has 0 aromatic carbocycles. The summed E-state index contributed by atoms with van der Waals surface area (Å²) < 4.78 is 8.07. The first-order valence-electron chi connectivity index (χ1n) is 5.91. The number of aliphatic carboxylic acids is 1. The molecule has 0 saturated heterocycles. The number of rotatable bonds is 7. The van der Waals surface area contributed by atoms with Gasteiger partial charge in [-0.3, -0.25) is 9.59 Å². The van der Waals surface area contributed by atoms with Gasteiger partial charge in [-0.05, 0) is 18.0 Å². The molecular formula is C11H15N3O5S. The fraction of sp³-hybridized carbons (Fsp3) is 0.545. The smallest absolute Gasteiger partial charge is 0.326 e. The minimum atomic E-state index is -1.34. The second kappa shape index (κ2) is 7.53. The number of methoxy groups -OCH3 is 1. The number of amides is 1. The average Bonchev–Trinajstić information content (AvgIpc) is 2.86. The zero-order chi connectivity index (χ0) is 15.1. The van der Waals surface area contributed by atoms with Crippen molar-refractivity contribution in [2.45, 2.75) is 32.2 Å². The van der Waals surface area contributed by atoms with Gasteiger partial charge in [0.15, 0.2) is 0 Å². The van der Waals surface area contributed by atoms with Crippen molar-refractivity contribution >= 4 is 29.4 Å². The number of esters is 1. The molecule has 0 spiro atoms. The molecule has 0 unspecified atom stereocenters. The van der Waals surface area contributed by atoms with Crippen LogP contribution in [-0.4, -0.2) is 45.7 Å². The standard InChI is InChI=1S/C11H15N3O5S/c1-3-4-6-9(20-14-13-6)10(16)12-7(11(17)18)5-8(15)19-2/h7H,3-5H2,1-2H3,(H,12,16)(H,17,18)/t7-/m0/s1. The lowest BCUT2D eigenvalue weighted by molar-refractivity contribution is -0.147. The van der Waals surface area contributed by atoms with E-state index in [1.165, 1.54) is 0 Å². The number of aryl methyl sites for hydroxylation is 1. The molecule has 1 aromatic heterocycles. The summed E-state index contributed by atoms with van der Waals surface area (Å²) >= 11 is 0.894. The van der Waals surface area contributed by atoms with Crippen molar-refractivity contribution in [2.75, 3.05) is 7.11 Å². The molecule has 20 heavy (non-hydrogen) atoms. The Morgan fingerprint density at radius 3 is 2.70 bits per heavy atom. The monoisotopic (exact) mass is 301 g/mol. The molecule has 1 rings (SSSR count). The second-order valence-corrected chi connectivity index (χ2v) is 4.70. The van der Waals surface area contributed by atoms with Crippen LogP contribution in [0.15, 0.2) is 0 Å². The highest BCUT2D eigenvalue weighted by molar-refractivity contribution is 7.08. The van der Waals surface area contributed by atoms with Crippen molar-refractivity contribution in [1.29, 1.82) is 0 Å². The van der Waals surface area contributed by atoms with Crippen molar-refractivity contribution in [3.8, 4) is 0 Å². The highest BCUT2D eigenvalue weighted by Gasteiger charge is 2.26. The van der Waals surface area contributed by atoms with Crippen molar-refractivity contribution in [3.05, 3.63) is 10.6 Å². The van der Waals surface area contributed by atoms with Crippen LogP contribution in [0.3, 0.4) is 0 Å². The van der Waals surface area contributed by atoms with Gasteiger partial charge in [0.05, 0.1) is 19.2 Å². The van der Waals surface area contributed by atoms with E-state index in [1.54, 1.807) is 0 Å². The van der Waals surface area contributed by atoms with Gasteiger partial charge in [0.2, 0.25) is 0 Å². The van der Waals surface area contributed by atoms with Gasteiger partial charge in [-0.2, -0.15) is 0 Å². The van der Waals surface area contributed by atoms with Crippen LogP contribution in [0, 0.1) is 0 Å². The Morgan fingerprint density at radius 1 is 1.45 bits per heavy atom. The van der Waals surface area contributed by atoms with E-state index in [0.29, 0.717) is 12.1 Å². The van der Waals surface area contributed by atoms with Crippen LogP contribution in [0.5, 0.6) is 0 Å². The molecule has 110 valence electrons. The summed E-state index contributed by atoms with van der Waals surface area (Å²) in [6.45, 7) is 1.93. The SMILES string of the molecule is CCCc1nnsc1C(=O)N[C@@H](CC(=O)OC)C(=O)O. The summed E-state index contributed by atoms with van der Waals surface area (Å²) in [4.78, 5) is 34.4. The number of carbonyl (C=O) groups is 3. The first-order valence-corrected chi connectivity index (χ1v) is 6.68. The Balaban J connectivity index is 2.77. The quantitative estimate of drug-likeness (QED) is 0.692. The topological polar surface area (TPSA) is 118 Å². The predicted octanol–water partition coefficient (Wildman–Crippen LogP) is 0.237. The molecule has 9 heteroatoms. The molecule has 0 radical (unpaired) electrons. The molecule has 8 nitrogen and oxygen atoms in total. The number of hydrogen-bond donors (Lipinski definition) is 2. The average molecular weight is 301 g/mol. The molecule has 0 aliphatic rings. The van der Waals surface area contributed by atoms with Gasteiger partial charge in [-0.25, -0.2) is 4.79 Å². The number of nitrogens with zero attached hydrogens (tertiary/aromatic N) is 2. The van der Waals surface area contributed by atoms with Crippen LogP contribution in [0.25, 0.3) is 0 Å². The number of ether oxygens (including phenoxy) is 1. The summed E-state index contributed by atoms with van der Waals surface area (Å²) in [6.07, 6.45) is 0.928. The summed E-state index contributed by atoms with van der Waals surface area (Å²) in [5.74, 6) is -2.62. The molecule has 0 bridgehead atoms.